The van der Waals surface area contributed by atoms with Crippen molar-refractivity contribution in [3.8, 4) is 11.5 Å². The Balaban J connectivity index is 0. The molecule has 1 rings (SSSR count). The van der Waals surface area contributed by atoms with Gasteiger partial charge in [-0.25, -0.2) is 0 Å². The van der Waals surface area contributed by atoms with Crippen molar-refractivity contribution in [2.24, 2.45) is 0 Å². The maximum absolute atomic E-state index is 5.43. The first kappa shape index (κ1) is 19.4. The predicted octanol–water partition coefficient (Wildman–Crippen LogP) is -0.371. The van der Waals surface area contributed by atoms with Crippen LogP contribution in [0.4, 0.5) is 0 Å². The minimum absolute atomic E-state index is 0. The van der Waals surface area contributed by atoms with Gasteiger partial charge in [-0.05, 0) is 43.0 Å². The van der Waals surface area contributed by atoms with Crippen molar-refractivity contribution in [3.05, 3.63) is 29.2 Å². The number of hydrogen-bond donors (Lipinski definition) is 0. The molecule has 0 N–H and O–H groups in total. The zero-order valence-electron chi connectivity index (χ0n) is 11.3. The molecule has 0 aromatic heterocycles. The van der Waals surface area contributed by atoms with Gasteiger partial charge in [0, 0.05) is 0 Å². The van der Waals surface area contributed by atoms with Gasteiger partial charge in [0.05, 0.1) is 14.2 Å². The van der Waals surface area contributed by atoms with Gasteiger partial charge in [-0.2, -0.15) is 6.42 Å². The Hall–Kier alpha value is 0.0662. The minimum atomic E-state index is 0. The van der Waals surface area contributed by atoms with Crippen LogP contribution in [0.25, 0.3) is 0 Å². The molecule has 1 aromatic rings. The zero-order valence-corrected chi connectivity index (χ0v) is 14.3. The molecule has 0 fully saturated rings. The Morgan fingerprint density at radius 3 is 1.65 bits per heavy atom. The molecule has 0 atom stereocenters. The van der Waals surface area contributed by atoms with Crippen LogP contribution in [-0.4, -0.2) is 37.3 Å². The average molecular weight is 312 g/mol. The normalized spacial score (nSPS) is 9.06. The Labute approximate surface area is 131 Å². The van der Waals surface area contributed by atoms with Gasteiger partial charge >= 0.3 is 23.1 Å². The van der Waals surface area contributed by atoms with Crippen LogP contribution in [0.3, 0.4) is 0 Å². The third-order valence-corrected chi connectivity index (χ3v) is 2.97. The van der Waals surface area contributed by atoms with E-state index >= 15 is 0 Å². The SMILES string of the molecule is [Br-].[CH2-]Cc1c(C)c(OC)c(C)c(C)c1OC.[Mg+2]. The molecule has 0 unspecified atom stereocenters. The summed E-state index contributed by atoms with van der Waals surface area (Å²) in [6.45, 7) is 10.1. The Kier molecular flexibility index (Phi) is 9.38. The molecule has 0 spiro atoms. The van der Waals surface area contributed by atoms with Crippen LogP contribution < -0.4 is 26.5 Å². The molecule has 0 bridgehead atoms. The second-order valence-corrected chi connectivity index (χ2v) is 3.67. The van der Waals surface area contributed by atoms with Crippen LogP contribution in [0.1, 0.15) is 22.3 Å². The summed E-state index contributed by atoms with van der Waals surface area (Å²) in [5.74, 6) is 1.90. The van der Waals surface area contributed by atoms with E-state index in [0.717, 1.165) is 33.8 Å². The van der Waals surface area contributed by atoms with E-state index < -0.39 is 0 Å². The van der Waals surface area contributed by atoms with Crippen LogP contribution in [0.5, 0.6) is 11.5 Å². The molecular weight excluding hydrogens is 292 g/mol. The number of methoxy groups -OCH3 is 2. The predicted molar refractivity (Wildman–Crippen MR) is 68.6 cm³/mol. The smallest absolute Gasteiger partial charge is 1.00 e. The summed E-state index contributed by atoms with van der Waals surface area (Å²) in [6, 6.07) is 0. The van der Waals surface area contributed by atoms with Gasteiger partial charge in [0.15, 0.2) is 0 Å². The molecule has 0 heterocycles. The summed E-state index contributed by atoms with van der Waals surface area (Å²) in [6.07, 6.45) is 0.715. The van der Waals surface area contributed by atoms with E-state index in [2.05, 4.69) is 20.8 Å². The van der Waals surface area contributed by atoms with E-state index in [1.54, 1.807) is 14.2 Å². The third kappa shape index (κ3) is 3.52. The molecule has 0 aliphatic heterocycles. The summed E-state index contributed by atoms with van der Waals surface area (Å²) >= 11 is 0. The van der Waals surface area contributed by atoms with Gasteiger partial charge in [0.2, 0.25) is 0 Å². The van der Waals surface area contributed by atoms with Crippen molar-refractivity contribution in [2.45, 2.75) is 27.2 Å². The Morgan fingerprint density at radius 2 is 1.29 bits per heavy atom. The molecule has 2 nitrogen and oxygen atoms in total. The quantitative estimate of drug-likeness (QED) is 0.560. The van der Waals surface area contributed by atoms with Crippen molar-refractivity contribution < 1.29 is 26.5 Å². The molecule has 1 aromatic carbocycles. The van der Waals surface area contributed by atoms with Gasteiger partial charge in [-0.15, -0.1) is 0 Å². The molecule has 0 saturated carbocycles. The van der Waals surface area contributed by atoms with Crippen LogP contribution >= 0.6 is 0 Å². The third-order valence-electron chi connectivity index (χ3n) is 2.97. The molecule has 17 heavy (non-hydrogen) atoms. The Bertz CT molecular complexity index is 378. The molecule has 0 amide bonds. The molecule has 0 aliphatic carbocycles. The van der Waals surface area contributed by atoms with Crippen LogP contribution in [-0.2, 0) is 6.42 Å². The van der Waals surface area contributed by atoms with Crippen molar-refractivity contribution in [1.82, 2.24) is 0 Å². The first-order valence-electron chi connectivity index (χ1n) is 5.08. The monoisotopic (exact) mass is 310 g/mol. The van der Waals surface area contributed by atoms with E-state index in [9.17, 15) is 0 Å². The fourth-order valence-corrected chi connectivity index (χ4v) is 2.04. The first-order valence-corrected chi connectivity index (χ1v) is 5.08. The van der Waals surface area contributed by atoms with Gasteiger partial charge in [0.1, 0.15) is 11.5 Å². The standard InChI is InChI=1S/C13H19O2.BrH.Mg/c1-7-11-10(4)12(14-5)8(2)9(3)13(11)15-6;;/h1,7H2,2-6H3;1H;/q-1;;+2/p-1. The van der Waals surface area contributed by atoms with Gasteiger partial charge < -0.3 is 33.4 Å². The van der Waals surface area contributed by atoms with E-state index in [-0.39, 0.29) is 40.0 Å². The van der Waals surface area contributed by atoms with E-state index in [4.69, 9.17) is 9.47 Å². The van der Waals surface area contributed by atoms with Gasteiger partial charge in [-0.3, -0.25) is 0 Å². The summed E-state index contributed by atoms with van der Waals surface area (Å²) < 4.78 is 10.8. The van der Waals surface area contributed by atoms with Crippen LogP contribution in [0, 0.1) is 27.7 Å². The Morgan fingerprint density at radius 1 is 0.882 bits per heavy atom. The number of hydrogen-bond acceptors (Lipinski definition) is 2. The average Bonchev–Trinajstić information content (AvgIpc) is 2.23. The molecular formula is C13H19BrMgO2. The van der Waals surface area contributed by atoms with Gasteiger partial charge in [0.25, 0.3) is 0 Å². The maximum Gasteiger partial charge on any atom is 2.00 e. The van der Waals surface area contributed by atoms with Crippen molar-refractivity contribution in [1.29, 1.82) is 0 Å². The van der Waals surface area contributed by atoms with Crippen LogP contribution in [0.15, 0.2) is 0 Å². The van der Waals surface area contributed by atoms with Crippen LogP contribution in [0.2, 0.25) is 0 Å². The van der Waals surface area contributed by atoms with E-state index in [1.165, 1.54) is 0 Å². The molecule has 0 aliphatic rings. The van der Waals surface area contributed by atoms with Gasteiger partial charge in [-0.1, -0.05) is 0 Å². The summed E-state index contributed by atoms with van der Waals surface area (Å²) in [4.78, 5) is 0. The molecule has 92 valence electrons. The fraction of sp³-hybridized carbons (Fsp3) is 0.462. The number of ether oxygens (including phenoxy) is 2. The summed E-state index contributed by atoms with van der Waals surface area (Å²) in [5.41, 5.74) is 4.55. The maximum atomic E-state index is 5.43. The van der Waals surface area contributed by atoms with Crippen molar-refractivity contribution in [2.75, 3.05) is 14.2 Å². The van der Waals surface area contributed by atoms with Crippen molar-refractivity contribution >= 4 is 23.1 Å². The number of rotatable bonds is 3. The molecule has 4 heteroatoms. The largest absolute Gasteiger partial charge is 2.00 e. The fourth-order valence-electron chi connectivity index (χ4n) is 2.04. The summed E-state index contributed by atoms with van der Waals surface area (Å²) in [5, 5.41) is 0. The second kappa shape index (κ2) is 8.22. The first-order chi connectivity index (χ1) is 7.08. The number of benzene rings is 1. The summed E-state index contributed by atoms with van der Waals surface area (Å²) in [7, 11) is 3.40. The second-order valence-electron chi connectivity index (χ2n) is 3.67. The van der Waals surface area contributed by atoms with E-state index in [1.807, 2.05) is 6.92 Å². The molecule has 0 radical (unpaired) electrons. The topological polar surface area (TPSA) is 18.5 Å². The number of halogens is 1. The van der Waals surface area contributed by atoms with Crippen molar-refractivity contribution in [3.63, 3.8) is 0 Å². The minimum Gasteiger partial charge on any atom is -1.00 e. The zero-order chi connectivity index (χ0) is 11.6. The molecule has 0 saturated heterocycles. The van der Waals surface area contributed by atoms with E-state index in [0.29, 0.717) is 6.42 Å².